The van der Waals surface area contributed by atoms with Crippen molar-refractivity contribution in [2.75, 3.05) is 19.3 Å². The molecule has 1 amide bonds. The summed E-state index contributed by atoms with van der Waals surface area (Å²) in [7, 11) is -3.21. The van der Waals surface area contributed by atoms with E-state index in [1.807, 2.05) is 13.8 Å². The van der Waals surface area contributed by atoms with Crippen molar-refractivity contribution in [3.05, 3.63) is 23.7 Å². The predicted molar refractivity (Wildman–Crippen MR) is 79.7 cm³/mol. The minimum Gasteiger partial charge on any atom is -0.459 e. The Bertz CT molecular complexity index is 606. The lowest BCUT2D eigenvalue weighted by atomic mass is 10.0. The van der Waals surface area contributed by atoms with E-state index in [2.05, 4.69) is 5.32 Å². The molecule has 1 unspecified atom stereocenters. The largest absolute Gasteiger partial charge is 0.459 e. The van der Waals surface area contributed by atoms with Crippen molar-refractivity contribution in [3.8, 4) is 0 Å². The lowest BCUT2D eigenvalue weighted by Gasteiger charge is -2.31. The fraction of sp³-hybridized carbons (Fsp3) is 0.643. The number of piperidine rings is 1. The molecule has 0 spiro atoms. The molecule has 1 aromatic rings. The zero-order valence-electron chi connectivity index (χ0n) is 12.6. The smallest absolute Gasteiger partial charge is 0.287 e. The van der Waals surface area contributed by atoms with Crippen LogP contribution < -0.4 is 5.32 Å². The third kappa shape index (κ3) is 3.85. The van der Waals surface area contributed by atoms with Crippen LogP contribution >= 0.6 is 0 Å². The van der Waals surface area contributed by atoms with Gasteiger partial charge in [-0.25, -0.2) is 12.7 Å². The fourth-order valence-corrected chi connectivity index (χ4v) is 3.48. The number of amides is 1. The highest BCUT2D eigenvalue weighted by molar-refractivity contribution is 7.88. The second kappa shape index (κ2) is 6.19. The van der Waals surface area contributed by atoms with E-state index in [0.29, 0.717) is 18.8 Å². The second-order valence-corrected chi connectivity index (χ2v) is 7.78. The molecule has 1 aliphatic heterocycles. The van der Waals surface area contributed by atoms with Crippen LogP contribution in [0, 0.1) is 0 Å². The average Bonchev–Trinajstić information content (AvgIpc) is 2.87. The maximum Gasteiger partial charge on any atom is 0.287 e. The predicted octanol–water partition coefficient (Wildman–Crippen LogP) is 1.56. The summed E-state index contributed by atoms with van der Waals surface area (Å²) in [5, 5.41) is 2.88. The van der Waals surface area contributed by atoms with Gasteiger partial charge in [-0.2, -0.15) is 0 Å². The summed E-state index contributed by atoms with van der Waals surface area (Å²) < 4.78 is 29.9. The minimum atomic E-state index is -3.21. The van der Waals surface area contributed by atoms with Gasteiger partial charge in [0.25, 0.3) is 5.91 Å². The molecule has 1 fully saturated rings. The lowest BCUT2D eigenvalue weighted by Crippen LogP contribution is -2.49. The van der Waals surface area contributed by atoms with Gasteiger partial charge in [-0.05, 0) is 24.8 Å². The molecule has 2 rings (SSSR count). The molecule has 118 valence electrons. The summed E-state index contributed by atoms with van der Waals surface area (Å²) in [6.07, 6.45) is 4.22. The van der Waals surface area contributed by atoms with E-state index in [-0.39, 0.29) is 17.9 Å². The van der Waals surface area contributed by atoms with Crippen LogP contribution in [0.25, 0.3) is 0 Å². The summed E-state index contributed by atoms with van der Waals surface area (Å²) in [6, 6.07) is 1.62. The van der Waals surface area contributed by atoms with Crippen molar-refractivity contribution in [1.29, 1.82) is 0 Å². The van der Waals surface area contributed by atoms with E-state index in [1.54, 1.807) is 6.07 Å². The van der Waals surface area contributed by atoms with Gasteiger partial charge in [-0.15, -0.1) is 0 Å². The summed E-state index contributed by atoms with van der Waals surface area (Å²) in [6.45, 7) is 4.83. The van der Waals surface area contributed by atoms with E-state index < -0.39 is 10.0 Å². The number of hydrogen-bond donors (Lipinski definition) is 1. The number of carbonyl (C=O) groups is 1. The molecule has 6 nitrogen and oxygen atoms in total. The third-order valence-corrected chi connectivity index (χ3v) is 4.98. The third-order valence-electron chi connectivity index (χ3n) is 3.71. The lowest BCUT2D eigenvalue weighted by molar-refractivity contribution is 0.0891. The van der Waals surface area contributed by atoms with Gasteiger partial charge in [-0.3, -0.25) is 4.79 Å². The van der Waals surface area contributed by atoms with E-state index in [1.165, 1.54) is 16.8 Å². The van der Waals surface area contributed by atoms with Gasteiger partial charge in [0.15, 0.2) is 5.76 Å². The van der Waals surface area contributed by atoms with Crippen molar-refractivity contribution in [3.63, 3.8) is 0 Å². The monoisotopic (exact) mass is 314 g/mol. The molecule has 7 heteroatoms. The van der Waals surface area contributed by atoms with Crippen LogP contribution in [-0.4, -0.2) is 44.0 Å². The number of rotatable bonds is 4. The van der Waals surface area contributed by atoms with Gasteiger partial charge < -0.3 is 9.73 Å². The molecule has 0 saturated carbocycles. The first kappa shape index (κ1) is 16.0. The van der Waals surface area contributed by atoms with Crippen LogP contribution in [0.1, 0.15) is 48.7 Å². The Morgan fingerprint density at radius 2 is 2.19 bits per heavy atom. The summed E-state index contributed by atoms with van der Waals surface area (Å²) in [5.41, 5.74) is 0.864. The van der Waals surface area contributed by atoms with Crippen LogP contribution in [0.15, 0.2) is 16.7 Å². The number of hydrogen-bond acceptors (Lipinski definition) is 4. The molecule has 1 N–H and O–H groups in total. The summed E-state index contributed by atoms with van der Waals surface area (Å²) >= 11 is 0. The first-order chi connectivity index (χ1) is 9.79. The van der Waals surface area contributed by atoms with Gasteiger partial charge >= 0.3 is 0 Å². The number of carbonyl (C=O) groups excluding carboxylic acids is 1. The summed E-state index contributed by atoms with van der Waals surface area (Å²) in [5.74, 6) is 0.244. The Balaban J connectivity index is 2.04. The molecule has 0 radical (unpaired) electrons. The van der Waals surface area contributed by atoms with Gasteiger partial charge in [0, 0.05) is 24.7 Å². The molecule has 2 heterocycles. The molecular weight excluding hydrogens is 292 g/mol. The van der Waals surface area contributed by atoms with Gasteiger partial charge in [0.1, 0.15) is 0 Å². The average molecular weight is 314 g/mol. The molecule has 1 aliphatic rings. The minimum absolute atomic E-state index is 0.175. The van der Waals surface area contributed by atoms with E-state index in [9.17, 15) is 13.2 Å². The Labute approximate surface area is 125 Å². The first-order valence-corrected chi connectivity index (χ1v) is 8.97. The van der Waals surface area contributed by atoms with Crippen LogP contribution in [0.2, 0.25) is 0 Å². The maximum atomic E-state index is 12.3. The van der Waals surface area contributed by atoms with Crippen LogP contribution in [0.3, 0.4) is 0 Å². The van der Waals surface area contributed by atoms with Gasteiger partial charge in [-0.1, -0.05) is 13.8 Å². The number of furan rings is 1. The van der Waals surface area contributed by atoms with Crippen LogP contribution in [-0.2, 0) is 10.0 Å². The quantitative estimate of drug-likeness (QED) is 0.914. The highest BCUT2D eigenvalue weighted by Crippen LogP contribution is 2.21. The SMILES string of the molecule is CC(C)c1ccoc1C(=O)NC1CCCN(S(C)(=O)=O)C1. The Hall–Kier alpha value is -1.34. The van der Waals surface area contributed by atoms with Crippen LogP contribution in [0.4, 0.5) is 0 Å². The number of nitrogens with one attached hydrogen (secondary N) is 1. The molecule has 0 aromatic carbocycles. The molecule has 0 bridgehead atoms. The fourth-order valence-electron chi connectivity index (χ4n) is 2.57. The van der Waals surface area contributed by atoms with Crippen molar-refractivity contribution in [2.24, 2.45) is 0 Å². The van der Waals surface area contributed by atoms with E-state index >= 15 is 0 Å². The Morgan fingerprint density at radius 1 is 1.48 bits per heavy atom. The summed E-state index contributed by atoms with van der Waals surface area (Å²) in [4.78, 5) is 12.3. The van der Waals surface area contributed by atoms with Crippen molar-refractivity contribution < 1.29 is 17.6 Å². The second-order valence-electron chi connectivity index (χ2n) is 5.79. The van der Waals surface area contributed by atoms with Gasteiger partial charge in [0.05, 0.1) is 12.5 Å². The number of sulfonamides is 1. The van der Waals surface area contributed by atoms with E-state index in [4.69, 9.17) is 4.42 Å². The van der Waals surface area contributed by atoms with Crippen molar-refractivity contribution >= 4 is 15.9 Å². The molecule has 1 atom stereocenters. The van der Waals surface area contributed by atoms with E-state index in [0.717, 1.165) is 18.4 Å². The molecule has 0 aliphatic carbocycles. The standard InChI is InChI=1S/C14H22N2O4S/c1-10(2)12-6-8-20-13(12)14(17)15-11-5-4-7-16(9-11)21(3,18)19/h6,8,10-11H,4-5,7,9H2,1-3H3,(H,15,17). The zero-order chi connectivity index (χ0) is 15.6. The van der Waals surface area contributed by atoms with Crippen LogP contribution in [0.5, 0.6) is 0 Å². The highest BCUT2D eigenvalue weighted by Gasteiger charge is 2.28. The van der Waals surface area contributed by atoms with Crippen molar-refractivity contribution in [1.82, 2.24) is 9.62 Å². The molecule has 1 saturated heterocycles. The maximum absolute atomic E-state index is 12.3. The number of nitrogens with zero attached hydrogens (tertiary/aromatic N) is 1. The molecule has 21 heavy (non-hydrogen) atoms. The Kier molecular flexibility index (Phi) is 4.73. The first-order valence-electron chi connectivity index (χ1n) is 7.12. The zero-order valence-corrected chi connectivity index (χ0v) is 13.4. The molecule has 1 aromatic heterocycles. The van der Waals surface area contributed by atoms with Gasteiger partial charge in [0.2, 0.25) is 10.0 Å². The Morgan fingerprint density at radius 3 is 2.81 bits per heavy atom. The topological polar surface area (TPSA) is 79.6 Å². The normalized spacial score (nSPS) is 20.7. The van der Waals surface area contributed by atoms with Crippen molar-refractivity contribution in [2.45, 2.75) is 38.6 Å². The highest BCUT2D eigenvalue weighted by atomic mass is 32.2. The molecular formula is C14H22N2O4S.